The molecule has 5 rings (SSSR count). The van der Waals surface area contributed by atoms with Gasteiger partial charge in [-0.05, 0) is 36.1 Å². The molecule has 0 aromatic carbocycles. The van der Waals surface area contributed by atoms with Crippen LogP contribution < -0.4 is 0 Å². The van der Waals surface area contributed by atoms with Crippen molar-refractivity contribution in [2.45, 2.75) is 12.5 Å². The number of thiophene rings is 1. The summed E-state index contributed by atoms with van der Waals surface area (Å²) in [7, 11) is -1.82. The molecule has 1 saturated heterocycles. The summed E-state index contributed by atoms with van der Waals surface area (Å²) in [6.07, 6.45) is 1.97. The second kappa shape index (κ2) is 7.06. The number of nitrogens with zero attached hydrogens (tertiary/aromatic N) is 3. The largest absolute Gasteiger partial charge is 0.465 e. The number of carbonyl (C=O) groups excluding carboxylic acids is 1. The highest BCUT2D eigenvalue weighted by molar-refractivity contribution is 7.91. The van der Waals surface area contributed by atoms with Gasteiger partial charge in [0.25, 0.3) is 0 Å². The second-order valence-electron chi connectivity index (χ2n) is 7.05. The van der Waals surface area contributed by atoms with E-state index in [1.807, 2.05) is 17.5 Å². The number of methoxy groups -OCH3 is 1. The van der Waals surface area contributed by atoms with Gasteiger partial charge >= 0.3 is 5.97 Å². The van der Waals surface area contributed by atoms with Crippen LogP contribution in [0.4, 0.5) is 0 Å². The first-order chi connectivity index (χ1) is 14.5. The summed E-state index contributed by atoms with van der Waals surface area (Å²) >= 11 is 1.48. The van der Waals surface area contributed by atoms with E-state index in [1.54, 1.807) is 22.9 Å². The Morgan fingerprint density at radius 1 is 1.33 bits per heavy atom. The first-order valence-electron chi connectivity index (χ1n) is 9.26. The molecule has 0 aliphatic carbocycles. The van der Waals surface area contributed by atoms with E-state index in [0.717, 1.165) is 4.88 Å². The van der Waals surface area contributed by atoms with Gasteiger partial charge in [0.2, 0.25) is 0 Å². The smallest absolute Gasteiger partial charge is 0.338 e. The molecule has 8 nitrogen and oxygen atoms in total. The fraction of sp³-hybridized carbons (Fsp3) is 0.250. The minimum atomic E-state index is -3.14. The predicted octanol–water partition coefficient (Wildman–Crippen LogP) is 3.57. The van der Waals surface area contributed by atoms with Crippen LogP contribution in [-0.4, -0.2) is 47.8 Å². The maximum atomic E-state index is 12.7. The van der Waals surface area contributed by atoms with Crippen LogP contribution >= 0.6 is 11.3 Å². The Balaban J connectivity index is 1.83. The summed E-state index contributed by atoms with van der Waals surface area (Å²) < 4.78 is 36.4. The average Bonchev–Trinajstić information content (AvgIpc) is 3.51. The van der Waals surface area contributed by atoms with Crippen molar-refractivity contribution in [2.24, 2.45) is 0 Å². The average molecular weight is 444 g/mol. The topological polar surface area (TPSA) is 104 Å². The van der Waals surface area contributed by atoms with Crippen LogP contribution in [0.3, 0.4) is 0 Å². The minimum Gasteiger partial charge on any atom is -0.465 e. The Kier molecular flexibility index (Phi) is 4.48. The minimum absolute atomic E-state index is 0.00607. The maximum absolute atomic E-state index is 12.7. The second-order valence-corrected chi connectivity index (χ2v) is 10.2. The van der Waals surface area contributed by atoms with Gasteiger partial charge in [0.15, 0.2) is 21.2 Å². The Hall–Kier alpha value is -2.98. The molecule has 4 aromatic rings. The van der Waals surface area contributed by atoms with E-state index in [9.17, 15) is 13.2 Å². The third-order valence-corrected chi connectivity index (χ3v) is 7.78. The number of hydrogen-bond donors (Lipinski definition) is 0. The van der Waals surface area contributed by atoms with E-state index >= 15 is 0 Å². The van der Waals surface area contributed by atoms with Gasteiger partial charge in [0, 0.05) is 0 Å². The number of fused-ring (bicyclic) bond motifs is 1. The van der Waals surface area contributed by atoms with Gasteiger partial charge in [0.1, 0.15) is 11.4 Å². The quantitative estimate of drug-likeness (QED) is 0.444. The van der Waals surface area contributed by atoms with E-state index < -0.39 is 15.8 Å². The first kappa shape index (κ1) is 19.0. The van der Waals surface area contributed by atoms with Crippen molar-refractivity contribution in [1.29, 1.82) is 0 Å². The maximum Gasteiger partial charge on any atom is 0.338 e. The van der Waals surface area contributed by atoms with Crippen LogP contribution in [0.25, 0.3) is 33.1 Å². The van der Waals surface area contributed by atoms with Crippen molar-refractivity contribution < 1.29 is 22.4 Å². The van der Waals surface area contributed by atoms with Gasteiger partial charge in [-0.15, -0.1) is 11.3 Å². The molecule has 0 bridgehead atoms. The normalized spacial score (nSPS) is 18.1. The lowest BCUT2D eigenvalue weighted by atomic mass is 10.1. The molecule has 1 atom stereocenters. The van der Waals surface area contributed by atoms with Gasteiger partial charge < -0.3 is 9.15 Å². The lowest BCUT2D eigenvalue weighted by Crippen LogP contribution is -2.13. The van der Waals surface area contributed by atoms with E-state index in [-0.39, 0.29) is 17.5 Å². The molecule has 0 unspecified atom stereocenters. The number of ether oxygens (including phenoxy) is 1. The van der Waals surface area contributed by atoms with Crippen molar-refractivity contribution in [2.75, 3.05) is 18.6 Å². The van der Waals surface area contributed by atoms with Gasteiger partial charge in [-0.25, -0.2) is 22.9 Å². The molecule has 1 aliphatic heterocycles. The SMILES string of the molecule is COC(=O)c1cc(-c2ccco2)nc2c1c(-c1cccs1)nn2[C@@H]1CCS(=O)(=O)C1. The zero-order valence-corrected chi connectivity index (χ0v) is 17.6. The molecule has 1 aliphatic rings. The van der Waals surface area contributed by atoms with Crippen molar-refractivity contribution >= 4 is 38.2 Å². The highest BCUT2D eigenvalue weighted by Gasteiger charge is 2.33. The highest BCUT2D eigenvalue weighted by Crippen LogP contribution is 2.37. The number of esters is 1. The van der Waals surface area contributed by atoms with Crippen LogP contribution in [-0.2, 0) is 14.6 Å². The summed E-state index contributed by atoms with van der Waals surface area (Å²) in [4.78, 5) is 18.3. The number of pyridine rings is 1. The summed E-state index contributed by atoms with van der Waals surface area (Å²) in [5, 5.41) is 7.21. The van der Waals surface area contributed by atoms with E-state index in [0.29, 0.717) is 40.2 Å². The third kappa shape index (κ3) is 3.12. The molecule has 0 spiro atoms. The third-order valence-electron chi connectivity index (χ3n) is 5.15. The number of aromatic nitrogens is 3. The van der Waals surface area contributed by atoms with Gasteiger partial charge in [-0.1, -0.05) is 6.07 Å². The Morgan fingerprint density at radius 3 is 2.83 bits per heavy atom. The lowest BCUT2D eigenvalue weighted by Gasteiger charge is -2.10. The molecule has 10 heteroatoms. The molecule has 30 heavy (non-hydrogen) atoms. The standard InChI is InChI=1S/C20H17N3O5S2/c1-27-20(24)13-10-14(15-4-2-7-28-15)21-19-17(13)18(16-5-3-8-29-16)22-23(19)12-6-9-30(25,26)11-12/h2-5,7-8,10,12H,6,9,11H2,1H3/t12-/m1/s1. The molecule has 0 N–H and O–H groups in total. The number of hydrogen-bond acceptors (Lipinski definition) is 8. The Morgan fingerprint density at radius 2 is 2.20 bits per heavy atom. The van der Waals surface area contributed by atoms with Gasteiger partial charge in [-0.3, -0.25) is 0 Å². The fourth-order valence-electron chi connectivity index (χ4n) is 3.77. The van der Waals surface area contributed by atoms with Crippen LogP contribution in [0.5, 0.6) is 0 Å². The van der Waals surface area contributed by atoms with Gasteiger partial charge in [-0.2, -0.15) is 5.10 Å². The van der Waals surface area contributed by atoms with Crippen LogP contribution in [0.15, 0.2) is 46.4 Å². The zero-order valence-electron chi connectivity index (χ0n) is 15.9. The molecule has 1 fully saturated rings. The molecule has 4 aromatic heterocycles. The summed E-state index contributed by atoms with van der Waals surface area (Å²) in [6.45, 7) is 0. The number of rotatable bonds is 4. The lowest BCUT2D eigenvalue weighted by molar-refractivity contribution is 0.0603. The van der Waals surface area contributed by atoms with Crippen molar-refractivity contribution in [3.63, 3.8) is 0 Å². The first-order valence-corrected chi connectivity index (χ1v) is 12.0. The number of sulfone groups is 1. The van der Waals surface area contributed by atoms with Gasteiger partial charge in [0.05, 0.1) is 46.7 Å². The van der Waals surface area contributed by atoms with Crippen molar-refractivity contribution in [1.82, 2.24) is 14.8 Å². The molecule has 0 saturated carbocycles. The van der Waals surface area contributed by atoms with E-state index in [1.165, 1.54) is 24.7 Å². The number of carbonyl (C=O) groups is 1. The molecular weight excluding hydrogens is 426 g/mol. The van der Waals surface area contributed by atoms with Crippen LogP contribution in [0.1, 0.15) is 22.8 Å². The molecule has 0 amide bonds. The molecular formula is C20H17N3O5S2. The van der Waals surface area contributed by atoms with Crippen LogP contribution in [0, 0.1) is 0 Å². The summed E-state index contributed by atoms with van der Waals surface area (Å²) in [5.74, 6) is 0.0707. The Bertz CT molecular complexity index is 1340. The molecule has 154 valence electrons. The summed E-state index contributed by atoms with van der Waals surface area (Å²) in [5.41, 5.74) is 1.79. The van der Waals surface area contributed by atoms with Crippen LogP contribution in [0.2, 0.25) is 0 Å². The predicted molar refractivity (Wildman–Crippen MR) is 112 cm³/mol. The molecule has 0 radical (unpaired) electrons. The van der Waals surface area contributed by atoms with Crippen molar-refractivity contribution in [3.8, 4) is 22.0 Å². The molecule has 5 heterocycles. The summed E-state index contributed by atoms with van der Waals surface area (Å²) in [6, 6.07) is 8.56. The zero-order chi connectivity index (χ0) is 20.9. The number of furan rings is 1. The monoisotopic (exact) mass is 443 g/mol. The Labute approximate surface area is 176 Å². The van der Waals surface area contributed by atoms with E-state index in [4.69, 9.17) is 19.2 Å². The fourth-order valence-corrected chi connectivity index (χ4v) is 6.17. The van der Waals surface area contributed by atoms with Crippen molar-refractivity contribution in [3.05, 3.63) is 47.5 Å². The highest BCUT2D eigenvalue weighted by atomic mass is 32.2. The van der Waals surface area contributed by atoms with E-state index in [2.05, 4.69) is 0 Å².